The van der Waals surface area contributed by atoms with Gasteiger partial charge in [-0.25, -0.2) is 0 Å². The van der Waals surface area contributed by atoms with Crippen LogP contribution in [0.1, 0.15) is 76.3 Å². The number of hydrogen-bond donors (Lipinski definition) is 0. The van der Waals surface area contributed by atoms with E-state index in [1.54, 1.807) is 0 Å². The van der Waals surface area contributed by atoms with Gasteiger partial charge in [0.15, 0.2) is 0 Å². The third-order valence-electron chi connectivity index (χ3n) is 10.9. The Labute approximate surface area is 350 Å². The highest BCUT2D eigenvalue weighted by molar-refractivity contribution is 7.29. The van der Waals surface area contributed by atoms with E-state index in [4.69, 9.17) is 8.75 Å². The first-order chi connectivity index (χ1) is 27.2. The first kappa shape index (κ1) is 36.1. The minimum absolute atomic E-state index is 1.03. The molecule has 0 amide bonds. The summed E-state index contributed by atoms with van der Waals surface area (Å²) in [7, 11) is 0. The molecule has 3 aromatic carbocycles. The highest BCUT2D eigenvalue weighted by Gasteiger charge is 2.30. The smallest absolute Gasteiger partial charge is 0.114 e. The van der Waals surface area contributed by atoms with Crippen molar-refractivity contribution in [2.24, 2.45) is 0 Å². The van der Waals surface area contributed by atoms with E-state index in [2.05, 4.69) is 96.0 Å². The van der Waals surface area contributed by atoms with Gasteiger partial charge in [0.25, 0.3) is 0 Å². The van der Waals surface area contributed by atoms with Crippen LogP contribution in [0.15, 0.2) is 82.2 Å². The third kappa shape index (κ3) is 6.63. The first-order valence-corrected chi connectivity index (χ1v) is 25.3. The maximum atomic E-state index is 5.21. The Bertz CT molecular complexity index is 2740. The van der Waals surface area contributed by atoms with Crippen molar-refractivity contribution in [1.82, 2.24) is 8.75 Å². The Hall–Kier alpha value is -3.28. The number of benzene rings is 3. The quantitative estimate of drug-likeness (QED) is 0.102. The maximum Gasteiger partial charge on any atom is 0.114 e. The molecule has 0 bridgehead atoms. The molecule has 0 radical (unpaired) electrons. The summed E-state index contributed by atoms with van der Waals surface area (Å²) in [5.41, 5.74) is 10.1. The van der Waals surface area contributed by atoms with E-state index in [9.17, 15) is 0 Å². The van der Waals surface area contributed by atoms with Crippen LogP contribution in [-0.2, 0) is 12.8 Å². The van der Waals surface area contributed by atoms with Crippen LogP contribution in [0.25, 0.3) is 93.1 Å². The largest absolute Gasteiger partial charge is 0.172 e. The lowest BCUT2D eigenvalue weighted by Gasteiger charge is -2.18. The SMILES string of the molecule is CCCCCCc1csc(-c2c(-c3cc(CCCCCC)cs3)c(-c3cc4ccc5ccsc5c4s3)c3nsnc3c2-c2cc3ccc4ccsc4c3s2)c1. The molecular formula is C46H40N2S7. The van der Waals surface area contributed by atoms with Gasteiger partial charge in [-0.2, -0.15) is 8.75 Å². The molecule has 0 fully saturated rings. The van der Waals surface area contributed by atoms with Crippen LogP contribution in [0.3, 0.4) is 0 Å². The van der Waals surface area contributed by atoms with Crippen LogP contribution in [0.4, 0.5) is 0 Å². The van der Waals surface area contributed by atoms with Gasteiger partial charge in [-0.1, -0.05) is 76.6 Å². The molecule has 0 unspecified atom stereocenters. The van der Waals surface area contributed by atoms with E-state index < -0.39 is 0 Å². The van der Waals surface area contributed by atoms with E-state index >= 15 is 0 Å². The average molecular weight is 845 g/mol. The molecule has 10 rings (SSSR count). The molecule has 0 aliphatic heterocycles. The molecule has 55 heavy (non-hydrogen) atoms. The summed E-state index contributed by atoms with van der Waals surface area (Å²) < 4.78 is 15.9. The number of hydrogen-bond acceptors (Lipinski definition) is 9. The summed E-state index contributed by atoms with van der Waals surface area (Å²) in [6.45, 7) is 4.59. The van der Waals surface area contributed by atoms with Crippen LogP contribution < -0.4 is 0 Å². The van der Waals surface area contributed by atoms with E-state index in [-0.39, 0.29) is 0 Å². The number of nitrogens with zero attached hydrogens (tertiary/aromatic N) is 2. The fourth-order valence-electron chi connectivity index (χ4n) is 8.05. The molecule has 0 saturated heterocycles. The molecular weight excluding hydrogens is 805 g/mol. The van der Waals surface area contributed by atoms with Gasteiger partial charge >= 0.3 is 0 Å². The zero-order valence-corrected chi connectivity index (χ0v) is 36.6. The molecule has 7 aromatic heterocycles. The fourth-order valence-corrected chi connectivity index (χ4v) is 15.2. The van der Waals surface area contributed by atoms with E-state index in [0.29, 0.717) is 0 Å². The van der Waals surface area contributed by atoms with Crippen LogP contribution >= 0.6 is 79.7 Å². The topological polar surface area (TPSA) is 25.8 Å². The van der Waals surface area contributed by atoms with Crippen molar-refractivity contribution < 1.29 is 0 Å². The summed E-state index contributed by atoms with van der Waals surface area (Å²) in [4.78, 5) is 5.24. The molecule has 276 valence electrons. The van der Waals surface area contributed by atoms with Crippen LogP contribution in [-0.4, -0.2) is 8.75 Å². The lowest BCUT2D eigenvalue weighted by molar-refractivity contribution is 0.667. The van der Waals surface area contributed by atoms with Crippen molar-refractivity contribution in [1.29, 1.82) is 0 Å². The van der Waals surface area contributed by atoms with E-state index in [1.807, 2.05) is 68.0 Å². The molecule has 9 heteroatoms. The van der Waals surface area contributed by atoms with Crippen LogP contribution in [0.5, 0.6) is 0 Å². The highest BCUT2D eigenvalue weighted by Crippen LogP contribution is 2.56. The second kappa shape index (κ2) is 15.6. The van der Waals surface area contributed by atoms with Crippen molar-refractivity contribution >= 4 is 131 Å². The minimum Gasteiger partial charge on any atom is -0.172 e. The summed E-state index contributed by atoms with van der Waals surface area (Å²) in [5, 5.41) is 14.6. The number of thiophene rings is 6. The number of fused-ring (bicyclic) bond motifs is 7. The second-order valence-electron chi connectivity index (χ2n) is 14.6. The molecule has 0 aliphatic rings. The number of rotatable bonds is 14. The molecule has 0 atom stereocenters. The summed E-state index contributed by atoms with van der Waals surface area (Å²) in [6, 6.07) is 23.6. The van der Waals surface area contributed by atoms with Gasteiger partial charge < -0.3 is 0 Å². The maximum absolute atomic E-state index is 5.21. The molecule has 10 aromatic rings. The molecule has 7 heterocycles. The lowest BCUT2D eigenvalue weighted by Crippen LogP contribution is -1.94. The second-order valence-corrected chi connectivity index (χ2v) is 20.9. The van der Waals surface area contributed by atoms with Gasteiger partial charge in [-0.05, 0) is 116 Å². The summed E-state index contributed by atoms with van der Waals surface area (Å²) in [6.07, 6.45) is 12.4. The Morgan fingerprint density at radius 1 is 0.436 bits per heavy atom. The van der Waals surface area contributed by atoms with Crippen LogP contribution in [0.2, 0.25) is 0 Å². The number of unbranched alkanes of at least 4 members (excludes halogenated alkanes) is 6. The predicted molar refractivity (Wildman–Crippen MR) is 252 cm³/mol. The van der Waals surface area contributed by atoms with Gasteiger partial charge in [0, 0.05) is 41.8 Å². The summed E-state index contributed by atoms with van der Waals surface area (Å²) in [5.74, 6) is 0. The Morgan fingerprint density at radius 2 is 0.909 bits per heavy atom. The zero-order valence-electron chi connectivity index (χ0n) is 30.9. The van der Waals surface area contributed by atoms with Crippen molar-refractivity contribution in [2.75, 3.05) is 0 Å². The fraction of sp³-hybridized carbons (Fsp3) is 0.261. The highest BCUT2D eigenvalue weighted by atomic mass is 32.1. The third-order valence-corrected chi connectivity index (χ3v) is 17.9. The molecule has 0 spiro atoms. The van der Waals surface area contributed by atoms with Gasteiger partial charge in [0.2, 0.25) is 0 Å². The standard InChI is InChI=1S/C46H40N2S7/c1-3-5-7-9-11-27-21-33(51-25-27)37-38(34-22-28(26-52-34)12-10-8-6-4-2)40(36-24-32-16-14-30-18-20-50-44(30)46(32)54-36)42-41(47-55-48-42)39(37)35-23-31-15-13-29-17-19-49-43(29)45(31)53-35/h13-26H,3-12H2,1-2H3. The zero-order chi connectivity index (χ0) is 36.9. The average Bonchev–Trinajstić information content (AvgIpc) is 4.05. The number of aromatic nitrogens is 2. The van der Waals surface area contributed by atoms with Crippen molar-refractivity contribution in [3.63, 3.8) is 0 Å². The van der Waals surface area contributed by atoms with Crippen LogP contribution in [0, 0.1) is 0 Å². The first-order valence-electron chi connectivity index (χ1n) is 19.5. The van der Waals surface area contributed by atoms with Gasteiger partial charge in [-0.3, -0.25) is 0 Å². The molecule has 0 aliphatic carbocycles. The predicted octanol–water partition coefficient (Wildman–Crippen LogP) is 17.6. The lowest BCUT2D eigenvalue weighted by atomic mass is 9.89. The summed E-state index contributed by atoms with van der Waals surface area (Å²) >= 11 is 12.8. The Balaban J connectivity index is 1.26. The van der Waals surface area contributed by atoms with Crippen molar-refractivity contribution in [3.05, 3.63) is 93.3 Å². The molecule has 0 saturated carbocycles. The normalized spacial score (nSPS) is 12.2. The van der Waals surface area contributed by atoms with E-state index in [0.717, 1.165) is 23.9 Å². The molecule has 2 nitrogen and oxygen atoms in total. The van der Waals surface area contributed by atoms with E-state index in [1.165, 1.54) is 156 Å². The van der Waals surface area contributed by atoms with Gasteiger partial charge in [0.05, 0.1) is 30.5 Å². The van der Waals surface area contributed by atoms with Crippen molar-refractivity contribution in [3.8, 4) is 41.8 Å². The van der Waals surface area contributed by atoms with Crippen molar-refractivity contribution in [2.45, 2.75) is 78.1 Å². The Kier molecular flexibility index (Phi) is 10.2. The number of aryl methyl sites for hydroxylation is 2. The Morgan fingerprint density at radius 3 is 1.38 bits per heavy atom. The van der Waals surface area contributed by atoms with Gasteiger partial charge in [0.1, 0.15) is 11.0 Å². The molecule has 0 N–H and O–H groups in total. The monoisotopic (exact) mass is 844 g/mol. The minimum atomic E-state index is 1.03. The van der Waals surface area contributed by atoms with Gasteiger partial charge in [-0.15, -0.1) is 68.0 Å².